The van der Waals surface area contributed by atoms with E-state index >= 15 is 0 Å². The number of thiazole rings is 1. The standard InChI is InChI=1S/C15H10ClN3OS/c16-11-8-10(6-7-18-11)15-19-12(13(21-15)14(17)20)9-4-2-1-3-5-9/h1-8H,(H2,17,20). The third-order valence-electron chi connectivity index (χ3n) is 2.87. The molecule has 0 bridgehead atoms. The number of halogens is 1. The molecule has 0 aliphatic rings. The highest BCUT2D eigenvalue weighted by Gasteiger charge is 2.18. The summed E-state index contributed by atoms with van der Waals surface area (Å²) in [5.41, 5.74) is 7.73. The summed E-state index contributed by atoms with van der Waals surface area (Å²) in [4.78, 5) is 20.6. The number of nitrogens with two attached hydrogens (primary N) is 1. The van der Waals surface area contributed by atoms with Crippen LogP contribution >= 0.6 is 22.9 Å². The topological polar surface area (TPSA) is 68.9 Å². The number of pyridine rings is 1. The number of carbonyl (C=O) groups is 1. The Kier molecular flexibility index (Phi) is 3.68. The maximum Gasteiger partial charge on any atom is 0.261 e. The summed E-state index contributed by atoms with van der Waals surface area (Å²) < 4.78 is 0. The molecule has 0 aliphatic heterocycles. The number of hydrogen-bond acceptors (Lipinski definition) is 4. The molecule has 0 radical (unpaired) electrons. The molecule has 2 aromatic heterocycles. The minimum atomic E-state index is -0.488. The van der Waals surface area contributed by atoms with Gasteiger partial charge in [0.1, 0.15) is 15.0 Å². The molecule has 0 unspecified atom stereocenters. The van der Waals surface area contributed by atoms with Gasteiger partial charge in [-0.25, -0.2) is 9.97 Å². The Bertz CT molecular complexity index is 802. The van der Waals surface area contributed by atoms with E-state index in [2.05, 4.69) is 9.97 Å². The van der Waals surface area contributed by atoms with Crippen LogP contribution in [-0.2, 0) is 0 Å². The molecular formula is C15H10ClN3OS. The lowest BCUT2D eigenvalue weighted by Gasteiger charge is -1.98. The first kappa shape index (κ1) is 13.7. The van der Waals surface area contributed by atoms with E-state index in [-0.39, 0.29) is 0 Å². The zero-order valence-corrected chi connectivity index (χ0v) is 12.4. The van der Waals surface area contributed by atoms with Crippen molar-refractivity contribution in [2.75, 3.05) is 0 Å². The monoisotopic (exact) mass is 315 g/mol. The van der Waals surface area contributed by atoms with Crippen molar-refractivity contribution < 1.29 is 4.79 Å². The van der Waals surface area contributed by atoms with Crippen LogP contribution in [0.3, 0.4) is 0 Å². The van der Waals surface area contributed by atoms with E-state index in [0.29, 0.717) is 20.7 Å². The van der Waals surface area contributed by atoms with Gasteiger partial charge in [-0.3, -0.25) is 4.79 Å². The van der Waals surface area contributed by atoms with Crippen LogP contribution in [0.4, 0.5) is 0 Å². The number of rotatable bonds is 3. The minimum Gasteiger partial charge on any atom is -0.365 e. The van der Waals surface area contributed by atoms with Gasteiger partial charge in [0, 0.05) is 17.3 Å². The summed E-state index contributed by atoms with van der Waals surface area (Å²) in [6.07, 6.45) is 1.60. The molecule has 2 heterocycles. The van der Waals surface area contributed by atoms with Crippen molar-refractivity contribution in [3.63, 3.8) is 0 Å². The second kappa shape index (κ2) is 5.63. The van der Waals surface area contributed by atoms with E-state index in [9.17, 15) is 4.79 Å². The SMILES string of the molecule is NC(=O)c1sc(-c2ccnc(Cl)c2)nc1-c1ccccc1. The van der Waals surface area contributed by atoms with Crippen LogP contribution in [0.5, 0.6) is 0 Å². The van der Waals surface area contributed by atoms with Crippen LogP contribution in [0.2, 0.25) is 5.15 Å². The van der Waals surface area contributed by atoms with E-state index in [1.807, 2.05) is 30.3 Å². The highest BCUT2D eigenvalue weighted by atomic mass is 35.5. The van der Waals surface area contributed by atoms with Crippen LogP contribution in [0, 0.1) is 0 Å². The number of amides is 1. The number of nitrogens with zero attached hydrogens (tertiary/aromatic N) is 2. The van der Waals surface area contributed by atoms with Gasteiger partial charge >= 0.3 is 0 Å². The Morgan fingerprint density at radius 2 is 1.90 bits per heavy atom. The first-order valence-electron chi connectivity index (χ1n) is 6.13. The number of primary amides is 1. The molecule has 0 aliphatic carbocycles. The van der Waals surface area contributed by atoms with Gasteiger partial charge in [-0.2, -0.15) is 0 Å². The van der Waals surface area contributed by atoms with Gasteiger partial charge in [0.15, 0.2) is 0 Å². The number of carbonyl (C=O) groups excluding carboxylic acids is 1. The molecule has 0 fully saturated rings. The predicted molar refractivity (Wildman–Crippen MR) is 84.3 cm³/mol. The summed E-state index contributed by atoms with van der Waals surface area (Å²) in [6, 6.07) is 13.0. The maximum atomic E-state index is 11.7. The highest BCUT2D eigenvalue weighted by Crippen LogP contribution is 2.33. The summed E-state index contributed by atoms with van der Waals surface area (Å²) in [5.74, 6) is -0.488. The second-order valence-corrected chi connectivity index (χ2v) is 5.68. The Balaban J connectivity index is 2.15. The van der Waals surface area contributed by atoms with Gasteiger partial charge in [-0.05, 0) is 12.1 Å². The normalized spacial score (nSPS) is 10.5. The van der Waals surface area contributed by atoms with Crippen LogP contribution in [0.15, 0.2) is 48.7 Å². The van der Waals surface area contributed by atoms with Gasteiger partial charge < -0.3 is 5.73 Å². The summed E-state index contributed by atoms with van der Waals surface area (Å²) in [7, 11) is 0. The van der Waals surface area contributed by atoms with E-state index in [4.69, 9.17) is 17.3 Å². The van der Waals surface area contributed by atoms with E-state index in [1.54, 1.807) is 18.3 Å². The molecule has 0 saturated carbocycles. The van der Waals surface area contributed by atoms with Crippen molar-refractivity contribution in [2.45, 2.75) is 0 Å². The lowest BCUT2D eigenvalue weighted by atomic mass is 10.1. The summed E-state index contributed by atoms with van der Waals surface area (Å²) >= 11 is 7.15. The number of benzene rings is 1. The van der Waals surface area contributed by atoms with Crippen molar-refractivity contribution in [2.24, 2.45) is 5.73 Å². The zero-order valence-electron chi connectivity index (χ0n) is 10.8. The Labute approximate surface area is 130 Å². The quantitative estimate of drug-likeness (QED) is 0.750. The van der Waals surface area contributed by atoms with Gasteiger partial charge in [0.25, 0.3) is 5.91 Å². The molecule has 0 atom stereocenters. The van der Waals surface area contributed by atoms with Gasteiger partial charge in [-0.15, -0.1) is 11.3 Å². The Hall–Kier alpha value is -2.24. The van der Waals surface area contributed by atoms with Gasteiger partial charge in [-0.1, -0.05) is 41.9 Å². The van der Waals surface area contributed by atoms with Crippen LogP contribution < -0.4 is 5.73 Å². The van der Waals surface area contributed by atoms with Crippen molar-refractivity contribution in [1.29, 1.82) is 0 Å². The zero-order chi connectivity index (χ0) is 14.8. The maximum absolute atomic E-state index is 11.7. The summed E-state index contributed by atoms with van der Waals surface area (Å²) in [5, 5.41) is 1.07. The minimum absolute atomic E-state index is 0.379. The van der Waals surface area contributed by atoms with Crippen LogP contribution in [-0.4, -0.2) is 15.9 Å². The molecule has 3 rings (SSSR count). The lowest BCUT2D eigenvalue weighted by molar-refractivity contribution is 0.100. The molecule has 1 amide bonds. The molecule has 104 valence electrons. The third kappa shape index (κ3) is 2.79. The van der Waals surface area contributed by atoms with Crippen molar-refractivity contribution in [3.8, 4) is 21.8 Å². The molecular weight excluding hydrogens is 306 g/mol. The van der Waals surface area contributed by atoms with Crippen LogP contribution in [0.1, 0.15) is 9.67 Å². The summed E-state index contributed by atoms with van der Waals surface area (Å²) in [6.45, 7) is 0. The molecule has 6 heteroatoms. The van der Waals surface area contributed by atoms with Gasteiger partial charge in [0.05, 0.1) is 5.69 Å². The second-order valence-electron chi connectivity index (χ2n) is 4.29. The Morgan fingerprint density at radius 1 is 1.14 bits per heavy atom. The molecule has 3 aromatic rings. The van der Waals surface area contributed by atoms with E-state index in [1.165, 1.54) is 11.3 Å². The molecule has 0 saturated heterocycles. The average molecular weight is 316 g/mol. The van der Waals surface area contributed by atoms with Crippen molar-refractivity contribution in [3.05, 3.63) is 58.7 Å². The predicted octanol–water partition coefficient (Wildman–Crippen LogP) is 3.62. The fraction of sp³-hybridized carbons (Fsp3) is 0. The average Bonchev–Trinajstić information content (AvgIpc) is 2.93. The van der Waals surface area contributed by atoms with E-state index < -0.39 is 5.91 Å². The van der Waals surface area contributed by atoms with Crippen molar-refractivity contribution in [1.82, 2.24) is 9.97 Å². The number of aromatic nitrogens is 2. The molecule has 0 spiro atoms. The molecule has 4 nitrogen and oxygen atoms in total. The van der Waals surface area contributed by atoms with E-state index in [0.717, 1.165) is 11.1 Å². The molecule has 2 N–H and O–H groups in total. The fourth-order valence-corrected chi connectivity index (χ4v) is 3.05. The Morgan fingerprint density at radius 3 is 2.57 bits per heavy atom. The lowest BCUT2D eigenvalue weighted by Crippen LogP contribution is -2.10. The highest BCUT2D eigenvalue weighted by molar-refractivity contribution is 7.17. The smallest absolute Gasteiger partial charge is 0.261 e. The van der Waals surface area contributed by atoms with Crippen molar-refractivity contribution >= 4 is 28.8 Å². The first-order valence-corrected chi connectivity index (χ1v) is 7.32. The molecule has 21 heavy (non-hydrogen) atoms. The molecule has 1 aromatic carbocycles. The van der Waals surface area contributed by atoms with Crippen LogP contribution in [0.25, 0.3) is 21.8 Å². The third-order valence-corrected chi connectivity index (χ3v) is 4.20. The van der Waals surface area contributed by atoms with Gasteiger partial charge in [0.2, 0.25) is 0 Å². The first-order chi connectivity index (χ1) is 10.1. The largest absolute Gasteiger partial charge is 0.365 e. The number of hydrogen-bond donors (Lipinski definition) is 1. The fourth-order valence-electron chi connectivity index (χ4n) is 1.94.